The van der Waals surface area contributed by atoms with Crippen LogP contribution in [0.1, 0.15) is 13.8 Å². The fourth-order valence-corrected chi connectivity index (χ4v) is 2.17. The Morgan fingerprint density at radius 1 is 1.19 bits per heavy atom. The molecule has 0 aromatic rings. The molecule has 1 rings (SSSR count). The van der Waals surface area contributed by atoms with E-state index in [2.05, 4.69) is 15.9 Å². The van der Waals surface area contributed by atoms with Gasteiger partial charge in [-0.3, -0.25) is 9.59 Å². The van der Waals surface area contributed by atoms with Gasteiger partial charge in [0.2, 0.25) is 5.60 Å². The number of ether oxygens (including phenoxy) is 1. The molecule has 3 N–H and O–H groups in total. The molecule has 7 heteroatoms. The number of carbonyl (C=O) groups is 2. The molecule has 1 heterocycles. The van der Waals surface area contributed by atoms with Gasteiger partial charge in [0, 0.05) is 0 Å². The Morgan fingerprint density at radius 3 is 1.88 bits per heavy atom. The molecule has 0 spiro atoms. The smallest absolute Gasteiger partial charge is 0.209 e. The fraction of sp³-hybridized carbons (Fsp3) is 0.778. The van der Waals surface area contributed by atoms with Gasteiger partial charge in [-0.2, -0.15) is 0 Å². The molecule has 92 valence electrons. The van der Waals surface area contributed by atoms with Crippen molar-refractivity contribution in [1.29, 1.82) is 0 Å². The van der Waals surface area contributed by atoms with Gasteiger partial charge in [-0.05, 0) is 13.8 Å². The first-order chi connectivity index (χ1) is 7.22. The Bertz CT molecular complexity index is 303. The molecule has 4 atom stereocenters. The average Bonchev–Trinajstić information content (AvgIpc) is 2.44. The van der Waals surface area contributed by atoms with Gasteiger partial charge in [0.25, 0.3) is 0 Å². The summed E-state index contributed by atoms with van der Waals surface area (Å²) in [7, 11) is 0. The van der Waals surface area contributed by atoms with Gasteiger partial charge in [0.15, 0.2) is 11.6 Å². The van der Waals surface area contributed by atoms with Gasteiger partial charge in [-0.15, -0.1) is 0 Å². The van der Waals surface area contributed by atoms with Gasteiger partial charge in [0.05, 0.1) is 0 Å². The number of aliphatic hydroxyl groups excluding tert-OH is 2. The van der Waals surface area contributed by atoms with Crippen molar-refractivity contribution in [2.45, 2.75) is 42.8 Å². The van der Waals surface area contributed by atoms with Gasteiger partial charge >= 0.3 is 0 Å². The molecule has 1 aliphatic heterocycles. The van der Waals surface area contributed by atoms with Crippen LogP contribution in [0.2, 0.25) is 0 Å². The van der Waals surface area contributed by atoms with Crippen molar-refractivity contribution in [3.05, 3.63) is 0 Å². The first-order valence-corrected chi connectivity index (χ1v) is 5.54. The van der Waals surface area contributed by atoms with E-state index in [1.165, 1.54) is 0 Å². The van der Waals surface area contributed by atoms with E-state index in [1.54, 1.807) is 0 Å². The van der Waals surface area contributed by atoms with Crippen LogP contribution in [0.5, 0.6) is 0 Å². The zero-order chi connectivity index (χ0) is 12.7. The van der Waals surface area contributed by atoms with Gasteiger partial charge in [0.1, 0.15) is 23.3 Å². The van der Waals surface area contributed by atoms with Crippen molar-refractivity contribution in [3.8, 4) is 0 Å². The van der Waals surface area contributed by atoms with Crippen LogP contribution in [0.3, 0.4) is 0 Å². The van der Waals surface area contributed by atoms with Crippen molar-refractivity contribution in [3.63, 3.8) is 0 Å². The third kappa shape index (κ3) is 1.93. The van der Waals surface area contributed by atoms with Crippen molar-refractivity contribution in [2.24, 2.45) is 0 Å². The summed E-state index contributed by atoms with van der Waals surface area (Å²) in [4.78, 5) is 22.6. The summed E-state index contributed by atoms with van der Waals surface area (Å²) >= 11 is 2.91. The molecule has 0 radical (unpaired) electrons. The quantitative estimate of drug-likeness (QED) is 0.443. The summed E-state index contributed by atoms with van der Waals surface area (Å²) in [5.41, 5.74) is -2.43. The predicted molar refractivity (Wildman–Crippen MR) is 55.9 cm³/mol. The Hall–Kier alpha value is -0.340. The van der Waals surface area contributed by atoms with E-state index in [9.17, 15) is 24.9 Å². The minimum atomic E-state index is -2.43. The maximum absolute atomic E-state index is 11.3. The summed E-state index contributed by atoms with van der Waals surface area (Å²) in [6.45, 7) is 2.04. The molecular weight excluding hydrogens is 284 g/mol. The number of rotatable bonds is 3. The second-order valence-electron chi connectivity index (χ2n) is 3.77. The highest BCUT2D eigenvalue weighted by atomic mass is 79.9. The standard InChI is InChI=1S/C9H13BrO6/c1-3(11)9(15,4(2)12)7-5(13)6(14)8(10)16-7/h5-8,13-15H,1-2H3/t5-,6+,7-,8?/m0/s1. The second-order valence-corrected chi connectivity index (χ2v) is 4.67. The van der Waals surface area contributed by atoms with Crippen molar-refractivity contribution in [2.75, 3.05) is 0 Å². The molecule has 0 amide bonds. The van der Waals surface area contributed by atoms with Crippen LogP contribution in [-0.2, 0) is 14.3 Å². The first-order valence-electron chi connectivity index (χ1n) is 4.63. The molecule has 0 aromatic heterocycles. The topological polar surface area (TPSA) is 104 Å². The number of aliphatic hydroxyl groups is 3. The molecule has 1 fully saturated rings. The molecule has 1 aliphatic rings. The lowest BCUT2D eigenvalue weighted by atomic mass is 9.85. The number of hydrogen-bond acceptors (Lipinski definition) is 6. The highest BCUT2D eigenvalue weighted by molar-refractivity contribution is 9.09. The van der Waals surface area contributed by atoms with E-state index >= 15 is 0 Å². The third-order valence-electron chi connectivity index (χ3n) is 2.69. The van der Waals surface area contributed by atoms with Gasteiger partial charge in [-0.1, -0.05) is 15.9 Å². The zero-order valence-corrected chi connectivity index (χ0v) is 10.3. The molecule has 1 unspecified atom stereocenters. The van der Waals surface area contributed by atoms with Crippen molar-refractivity contribution in [1.82, 2.24) is 0 Å². The Morgan fingerprint density at radius 2 is 1.62 bits per heavy atom. The SMILES string of the molecule is CC(=O)C(O)(C(C)=O)[C@H]1OC(Br)[C@H](O)[C@@H]1O. The van der Waals surface area contributed by atoms with E-state index in [0.717, 1.165) is 13.8 Å². The zero-order valence-electron chi connectivity index (χ0n) is 8.75. The number of carbonyl (C=O) groups excluding carboxylic acids is 2. The molecule has 0 bridgehead atoms. The monoisotopic (exact) mass is 296 g/mol. The Balaban J connectivity index is 3.07. The van der Waals surface area contributed by atoms with Crippen LogP contribution in [0.15, 0.2) is 0 Å². The predicted octanol–water partition coefficient (Wildman–Crippen LogP) is -1.26. The lowest BCUT2D eigenvalue weighted by Gasteiger charge is -2.30. The van der Waals surface area contributed by atoms with Crippen LogP contribution in [0.25, 0.3) is 0 Å². The summed E-state index contributed by atoms with van der Waals surface area (Å²) in [5, 5.41) is 28.0. The minimum absolute atomic E-state index is 0.835. The molecule has 0 aromatic carbocycles. The highest BCUT2D eigenvalue weighted by Crippen LogP contribution is 2.32. The fourth-order valence-electron chi connectivity index (χ4n) is 1.63. The molecular formula is C9H13BrO6. The third-order valence-corrected chi connectivity index (χ3v) is 3.45. The molecule has 1 saturated heterocycles. The van der Waals surface area contributed by atoms with E-state index < -0.39 is 40.5 Å². The summed E-state index contributed by atoms with van der Waals surface area (Å²) in [6, 6.07) is 0. The van der Waals surface area contributed by atoms with Crippen LogP contribution in [0.4, 0.5) is 0 Å². The van der Waals surface area contributed by atoms with Crippen molar-refractivity contribution < 1.29 is 29.6 Å². The van der Waals surface area contributed by atoms with Gasteiger partial charge in [-0.25, -0.2) is 0 Å². The highest BCUT2D eigenvalue weighted by Gasteiger charge is 2.57. The number of alkyl halides is 1. The van der Waals surface area contributed by atoms with E-state index in [0.29, 0.717) is 0 Å². The van der Waals surface area contributed by atoms with Crippen molar-refractivity contribution >= 4 is 27.5 Å². The van der Waals surface area contributed by atoms with Crippen LogP contribution < -0.4 is 0 Å². The van der Waals surface area contributed by atoms with Gasteiger partial charge < -0.3 is 20.1 Å². The Labute approximate surface area is 100 Å². The molecule has 6 nitrogen and oxygen atoms in total. The summed E-state index contributed by atoms with van der Waals surface area (Å²) in [5.74, 6) is -1.67. The maximum Gasteiger partial charge on any atom is 0.209 e. The summed E-state index contributed by atoms with van der Waals surface area (Å²) < 4.78 is 5.00. The van der Waals surface area contributed by atoms with Crippen LogP contribution in [-0.4, -0.2) is 55.8 Å². The largest absolute Gasteiger partial charge is 0.387 e. The minimum Gasteiger partial charge on any atom is -0.387 e. The maximum atomic E-state index is 11.3. The molecule has 0 saturated carbocycles. The Kier molecular flexibility index (Phi) is 3.86. The number of Topliss-reactive ketones (excluding diaryl/α,β-unsaturated/α-hetero) is 2. The number of halogens is 1. The molecule has 16 heavy (non-hydrogen) atoms. The normalized spacial score (nSPS) is 35.1. The summed E-state index contributed by atoms with van der Waals surface area (Å²) in [6.07, 6.45) is -4.29. The van der Waals surface area contributed by atoms with E-state index in [4.69, 9.17) is 4.74 Å². The first kappa shape index (κ1) is 13.7. The average molecular weight is 297 g/mol. The van der Waals surface area contributed by atoms with Crippen LogP contribution >= 0.6 is 15.9 Å². The van der Waals surface area contributed by atoms with E-state index in [1.807, 2.05) is 0 Å². The molecule has 0 aliphatic carbocycles. The van der Waals surface area contributed by atoms with Crippen LogP contribution in [0, 0.1) is 0 Å². The second kappa shape index (κ2) is 4.50. The van der Waals surface area contributed by atoms with E-state index in [-0.39, 0.29) is 0 Å². The number of hydrogen-bond donors (Lipinski definition) is 3. The number of ketones is 2. The lowest BCUT2D eigenvalue weighted by Crippen LogP contribution is -2.58. The lowest BCUT2D eigenvalue weighted by molar-refractivity contribution is -0.168.